The van der Waals surface area contributed by atoms with E-state index in [1.54, 1.807) is 24.3 Å². The number of hydrogen-bond acceptors (Lipinski definition) is 8. The Morgan fingerprint density at radius 1 is 0.927 bits per heavy atom. The molecule has 3 heterocycles. The third-order valence-electron chi connectivity index (χ3n) is 6.46. The van der Waals surface area contributed by atoms with Gasteiger partial charge in [0.1, 0.15) is 18.1 Å². The third kappa shape index (κ3) is 5.96. The first-order chi connectivity index (χ1) is 20.0. The molecule has 10 heteroatoms. The van der Waals surface area contributed by atoms with Crippen LogP contribution >= 0.6 is 0 Å². The van der Waals surface area contributed by atoms with Crippen LogP contribution in [0.15, 0.2) is 89.7 Å². The van der Waals surface area contributed by atoms with Gasteiger partial charge >= 0.3 is 5.97 Å². The zero-order valence-corrected chi connectivity index (χ0v) is 22.3. The number of ether oxygens (including phenoxy) is 2. The van der Waals surface area contributed by atoms with Crippen LogP contribution < -0.4 is 15.0 Å². The average molecular weight is 547 g/mol. The molecule has 0 fully saturated rings. The first-order valence-electron chi connectivity index (χ1n) is 13.3. The first kappa shape index (κ1) is 25.9. The maximum atomic E-state index is 12.8. The lowest BCUT2D eigenvalue weighted by molar-refractivity contribution is -0.134. The molecule has 0 aliphatic heterocycles. The van der Waals surface area contributed by atoms with Crippen molar-refractivity contribution in [2.75, 3.05) is 0 Å². The molecule has 0 atom stereocenters. The van der Waals surface area contributed by atoms with Gasteiger partial charge in [-0.1, -0.05) is 43.3 Å². The second-order valence-electron chi connectivity index (χ2n) is 9.56. The van der Waals surface area contributed by atoms with Crippen molar-refractivity contribution >= 4 is 27.8 Å². The van der Waals surface area contributed by atoms with E-state index < -0.39 is 0 Å². The Bertz CT molecular complexity index is 1930. The minimum absolute atomic E-state index is 0.191. The summed E-state index contributed by atoms with van der Waals surface area (Å²) in [6, 6.07) is 26.3. The predicted octanol–water partition coefficient (Wildman–Crippen LogP) is 5.06. The van der Waals surface area contributed by atoms with Crippen LogP contribution in [0.3, 0.4) is 0 Å². The molecule has 0 saturated carbocycles. The van der Waals surface area contributed by atoms with Gasteiger partial charge in [0.25, 0.3) is 5.56 Å². The summed E-state index contributed by atoms with van der Waals surface area (Å²) in [4.78, 5) is 33.6. The van der Waals surface area contributed by atoms with Crippen LogP contribution in [0, 0.1) is 0 Å². The molecule has 0 saturated heterocycles. The van der Waals surface area contributed by atoms with Crippen molar-refractivity contribution in [2.24, 2.45) is 0 Å². The van der Waals surface area contributed by atoms with Crippen molar-refractivity contribution in [3.63, 3.8) is 0 Å². The van der Waals surface area contributed by atoms with E-state index in [0.717, 1.165) is 22.2 Å². The quantitative estimate of drug-likeness (QED) is 0.197. The number of carbonyl (C=O) groups is 1. The van der Waals surface area contributed by atoms with Gasteiger partial charge in [0.05, 0.1) is 23.3 Å². The third-order valence-corrected chi connectivity index (χ3v) is 6.46. The highest BCUT2D eigenvalue weighted by Gasteiger charge is 2.13. The molecule has 0 radical (unpaired) electrons. The standard InChI is InChI=1S/C31H26N6O4/c1-2-6-29(38)41-25-13-14-28-22(16-25)17-26(31(39)33-28)30-34-36-37(35-30)18-20-7-5-9-24(15-20)40-19-23-12-11-21-8-3-4-10-27(21)32-23/h3-5,7-17H,2,6,18-19H2,1H3,(H,33,39). The van der Waals surface area contributed by atoms with Crippen LogP contribution in [0.5, 0.6) is 11.5 Å². The highest BCUT2D eigenvalue weighted by Crippen LogP contribution is 2.22. The van der Waals surface area contributed by atoms with Gasteiger partial charge in [-0.05, 0) is 65.7 Å². The van der Waals surface area contributed by atoms with Crippen molar-refractivity contribution in [1.29, 1.82) is 0 Å². The molecular formula is C31H26N6O4. The molecule has 0 amide bonds. The summed E-state index contributed by atoms with van der Waals surface area (Å²) in [6.45, 7) is 2.58. The minimum atomic E-state index is -0.342. The minimum Gasteiger partial charge on any atom is -0.487 e. The summed E-state index contributed by atoms with van der Waals surface area (Å²) in [5.41, 5.74) is 3.20. The molecular weight excluding hydrogens is 520 g/mol. The molecule has 6 aromatic rings. The number of hydrogen-bond donors (Lipinski definition) is 1. The number of benzene rings is 3. The molecule has 3 aromatic carbocycles. The summed E-state index contributed by atoms with van der Waals surface area (Å²) in [7, 11) is 0. The fourth-order valence-electron chi connectivity index (χ4n) is 4.46. The number of tetrazole rings is 1. The Hall–Kier alpha value is -5.38. The summed E-state index contributed by atoms with van der Waals surface area (Å²) < 4.78 is 11.4. The molecule has 41 heavy (non-hydrogen) atoms. The lowest BCUT2D eigenvalue weighted by atomic mass is 10.1. The second kappa shape index (κ2) is 11.4. The molecule has 0 aliphatic carbocycles. The summed E-state index contributed by atoms with van der Waals surface area (Å²) in [6.07, 6.45) is 1.03. The van der Waals surface area contributed by atoms with Crippen LogP contribution in [-0.4, -0.2) is 36.1 Å². The summed E-state index contributed by atoms with van der Waals surface area (Å²) in [5.74, 6) is 0.987. The van der Waals surface area contributed by atoms with Gasteiger partial charge < -0.3 is 14.5 Å². The van der Waals surface area contributed by atoms with E-state index in [0.29, 0.717) is 48.4 Å². The molecule has 0 spiro atoms. The maximum Gasteiger partial charge on any atom is 0.311 e. The van der Waals surface area contributed by atoms with E-state index in [4.69, 9.17) is 9.47 Å². The topological polar surface area (TPSA) is 125 Å². The van der Waals surface area contributed by atoms with E-state index in [9.17, 15) is 9.59 Å². The Labute approximate surface area is 234 Å². The SMILES string of the molecule is CCCC(=O)Oc1ccc2[nH]c(=O)c(-c3nnn(Cc4cccc(OCc5ccc6ccccc6n5)c4)n3)cc2c1. The average Bonchev–Trinajstić information content (AvgIpc) is 3.44. The molecule has 3 aromatic heterocycles. The highest BCUT2D eigenvalue weighted by molar-refractivity contribution is 5.84. The number of aromatic nitrogens is 6. The van der Waals surface area contributed by atoms with Crippen molar-refractivity contribution < 1.29 is 14.3 Å². The van der Waals surface area contributed by atoms with E-state index in [2.05, 4.69) is 25.4 Å². The summed E-state index contributed by atoms with van der Waals surface area (Å²) in [5, 5.41) is 14.4. The molecule has 0 bridgehead atoms. The van der Waals surface area contributed by atoms with Crippen LogP contribution in [0.4, 0.5) is 0 Å². The number of para-hydroxylation sites is 1. The van der Waals surface area contributed by atoms with Gasteiger partial charge in [-0.3, -0.25) is 9.59 Å². The number of esters is 1. The van der Waals surface area contributed by atoms with Gasteiger partial charge in [-0.25, -0.2) is 4.98 Å². The normalized spacial score (nSPS) is 11.1. The van der Waals surface area contributed by atoms with Crippen LogP contribution in [0.2, 0.25) is 0 Å². The molecule has 10 nitrogen and oxygen atoms in total. The van der Waals surface area contributed by atoms with E-state index in [-0.39, 0.29) is 22.9 Å². The lowest BCUT2D eigenvalue weighted by Crippen LogP contribution is -2.11. The molecule has 1 N–H and O–H groups in total. The lowest BCUT2D eigenvalue weighted by Gasteiger charge is -2.08. The number of aromatic amines is 1. The number of rotatable bonds is 9. The number of nitrogens with zero attached hydrogens (tertiary/aromatic N) is 5. The van der Waals surface area contributed by atoms with Crippen molar-refractivity contribution in [3.8, 4) is 22.9 Å². The Balaban J connectivity index is 1.16. The Kier molecular flexibility index (Phi) is 7.19. The van der Waals surface area contributed by atoms with Gasteiger partial charge in [-0.2, -0.15) is 4.80 Å². The van der Waals surface area contributed by atoms with Crippen molar-refractivity contribution in [3.05, 3.63) is 107 Å². The second-order valence-corrected chi connectivity index (χ2v) is 9.56. The van der Waals surface area contributed by atoms with Crippen LogP contribution in [0.1, 0.15) is 31.0 Å². The van der Waals surface area contributed by atoms with Crippen molar-refractivity contribution in [1.82, 2.24) is 30.2 Å². The largest absolute Gasteiger partial charge is 0.487 e. The van der Waals surface area contributed by atoms with E-state index in [1.807, 2.05) is 67.6 Å². The maximum absolute atomic E-state index is 12.8. The number of fused-ring (bicyclic) bond motifs is 2. The monoisotopic (exact) mass is 546 g/mol. The van der Waals surface area contributed by atoms with E-state index in [1.165, 1.54) is 4.80 Å². The summed E-state index contributed by atoms with van der Waals surface area (Å²) >= 11 is 0. The number of pyridine rings is 2. The van der Waals surface area contributed by atoms with Gasteiger partial charge in [0.2, 0.25) is 5.82 Å². The first-order valence-corrected chi connectivity index (χ1v) is 13.3. The zero-order valence-electron chi connectivity index (χ0n) is 22.3. The van der Waals surface area contributed by atoms with Gasteiger partial charge in [0, 0.05) is 22.7 Å². The van der Waals surface area contributed by atoms with Crippen LogP contribution in [0.25, 0.3) is 33.2 Å². The van der Waals surface area contributed by atoms with E-state index >= 15 is 0 Å². The van der Waals surface area contributed by atoms with Crippen molar-refractivity contribution in [2.45, 2.75) is 32.9 Å². The number of H-pyrrole nitrogens is 1. The number of carbonyl (C=O) groups excluding carboxylic acids is 1. The molecule has 0 aliphatic rings. The highest BCUT2D eigenvalue weighted by atomic mass is 16.5. The number of nitrogens with one attached hydrogen (secondary N) is 1. The zero-order chi connectivity index (χ0) is 28.2. The molecule has 204 valence electrons. The molecule has 0 unspecified atom stereocenters. The van der Waals surface area contributed by atoms with Crippen LogP contribution in [-0.2, 0) is 17.9 Å². The molecule has 6 rings (SSSR count). The Morgan fingerprint density at radius 3 is 2.73 bits per heavy atom. The smallest absolute Gasteiger partial charge is 0.311 e. The van der Waals surface area contributed by atoms with Gasteiger partial charge in [0.15, 0.2) is 0 Å². The Morgan fingerprint density at radius 2 is 1.83 bits per heavy atom. The predicted molar refractivity (Wildman–Crippen MR) is 154 cm³/mol. The fourth-order valence-corrected chi connectivity index (χ4v) is 4.46. The van der Waals surface area contributed by atoms with Gasteiger partial charge in [-0.15, -0.1) is 10.2 Å². The fraction of sp³-hybridized carbons (Fsp3) is 0.161.